The molecule has 0 aliphatic carbocycles. The number of nitrogens with one attached hydrogen (secondary N) is 1. The summed E-state index contributed by atoms with van der Waals surface area (Å²) in [4.78, 5) is 25.8. The summed E-state index contributed by atoms with van der Waals surface area (Å²) in [5.74, 6) is -0.844. The summed E-state index contributed by atoms with van der Waals surface area (Å²) >= 11 is 0. The van der Waals surface area contributed by atoms with E-state index in [2.05, 4.69) is 4.98 Å². The number of nitro groups is 1. The Morgan fingerprint density at radius 1 is 1.25 bits per heavy atom. The van der Waals surface area contributed by atoms with Crippen molar-refractivity contribution in [3.8, 4) is 5.75 Å². The van der Waals surface area contributed by atoms with Crippen LogP contribution < -0.4 is 4.74 Å². The van der Waals surface area contributed by atoms with Crippen molar-refractivity contribution in [2.75, 3.05) is 13.2 Å². The maximum atomic E-state index is 13.4. The lowest BCUT2D eigenvalue weighted by Gasteiger charge is -2.07. The minimum Gasteiger partial charge on any atom is -0.487 e. The van der Waals surface area contributed by atoms with E-state index in [1.807, 2.05) is 6.20 Å². The number of carbonyl (C=O) groups excluding carboxylic acids is 1. The summed E-state index contributed by atoms with van der Waals surface area (Å²) in [6.07, 6.45) is 2.94. The largest absolute Gasteiger partial charge is 0.487 e. The van der Waals surface area contributed by atoms with Crippen molar-refractivity contribution in [3.05, 3.63) is 69.7 Å². The highest BCUT2D eigenvalue weighted by molar-refractivity contribution is 5.90. The van der Waals surface area contributed by atoms with Crippen LogP contribution in [0.4, 0.5) is 10.1 Å². The van der Waals surface area contributed by atoms with E-state index in [0.29, 0.717) is 12.8 Å². The third kappa shape index (κ3) is 4.28. The molecule has 0 aliphatic heterocycles. The van der Waals surface area contributed by atoms with E-state index in [1.54, 1.807) is 13.0 Å². The van der Waals surface area contributed by atoms with E-state index in [4.69, 9.17) is 9.47 Å². The zero-order valence-corrected chi connectivity index (χ0v) is 15.2. The number of nitro benzene ring substituents is 1. The van der Waals surface area contributed by atoms with Crippen molar-refractivity contribution < 1.29 is 23.6 Å². The average Bonchev–Trinajstić information content (AvgIpc) is 3.07. The summed E-state index contributed by atoms with van der Waals surface area (Å²) in [5.41, 5.74) is 1.58. The number of H-pyrrole nitrogens is 1. The van der Waals surface area contributed by atoms with Crippen LogP contribution in [0.1, 0.15) is 29.3 Å². The second-order valence-electron chi connectivity index (χ2n) is 6.12. The predicted molar refractivity (Wildman–Crippen MR) is 101 cm³/mol. The lowest BCUT2D eigenvalue weighted by atomic mass is 10.1. The van der Waals surface area contributed by atoms with Gasteiger partial charge in [-0.05, 0) is 55.7 Å². The van der Waals surface area contributed by atoms with Gasteiger partial charge in [-0.2, -0.15) is 0 Å². The van der Waals surface area contributed by atoms with Crippen LogP contribution >= 0.6 is 0 Å². The number of esters is 1. The third-order valence-electron chi connectivity index (χ3n) is 4.24. The Balaban J connectivity index is 1.59. The number of aromatic amines is 1. The molecule has 0 aliphatic rings. The van der Waals surface area contributed by atoms with Gasteiger partial charge in [-0.3, -0.25) is 10.1 Å². The van der Waals surface area contributed by atoms with Crippen LogP contribution in [0.25, 0.3) is 10.9 Å². The SMILES string of the molecule is CCOc1ccc(C(=O)OCCCc2c[nH]c3ccc(F)cc23)cc1[N+](=O)[O-]. The molecule has 3 rings (SSSR count). The van der Waals surface area contributed by atoms with Crippen LogP contribution in [0.5, 0.6) is 5.75 Å². The minimum atomic E-state index is -0.642. The van der Waals surface area contributed by atoms with Gasteiger partial charge in [0.25, 0.3) is 0 Å². The molecule has 0 unspecified atom stereocenters. The van der Waals surface area contributed by atoms with Gasteiger partial charge in [0.05, 0.1) is 23.7 Å². The van der Waals surface area contributed by atoms with Crippen molar-refractivity contribution in [2.24, 2.45) is 0 Å². The van der Waals surface area contributed by atoms with Crippen molar-refractivity contribution >= 4 is 22.6 Å². The van der Waals surface area contributed by atoms with Crippen molar-refractivity contribution in [3.63, 3.8) is 0 Å². The van der Waals surface area contributed by atoms with Gasteiger partial charge in [-0.15, -0.1) is 0 Å². The van der Waals surface area contributed by atoms with E-state index in [9.17, 15) is 19.3 Å². The summed E-state index contributed by atoms with van der Waals surface area (Å²) in [6.45, 7) is 2.14. The Morgan fingerprint density at radius 2 is 2.07 bits per heavy atom. The van der Waals surface area contributed by atoms with Crippen LogP contribution in [0, 0.1) is 15.9 Å². The fourth-order valence-electron chi connectivity index (χ4n) is 2.93. The smallest absolute Gasteiger partial charge is 0.338 e. The maximum Gasteiger partial charge on any atom is 0.338 e. The molecule has 0 fully saturated rings. The monoisotopic (exact) mass is 386 g/mol. The van der Waals surface area contributed by atoms with Gasteiger partial charge in [0.15, 0.2) is 5.75 Å². The molecule has 28 heavy (non-hydrogen) atoms. The van der Waals surface area contributed by atoms with E-state index < -0.39 is 10.9 Å². The van der Waals surface area contributed by atoms with E-state index in [-0.39, 0.29) is 36.0 Å². The highest BCUT2D eigenvalue weighted by Gasteiger charge is 2.19. The van der Waals surface area contributed by atoms with Crippen LogP contribution in [0.15, 0.2) is 42.6 Å². The molecule has 1 N–H and O–H groups in total. The molecule has 0 atom stereocenters. The fraction of sp³-hybridized carbons (Fsp3) is 0.250. The molecule has 0 bridgehead atoms. The number of rotatable bonds is 8. The van der Waals surface area contributed by atoms with Crippen molar-refractivity contribution in [1.82, 2.24) is 4.98 Å². The highest BCUT2D eigenvalue weighted by Crippen LogP contribution is 2.28. The van der Waals surface area contributed by atoms with Gasteiger partial charge in [-0.1, -0.05) is 0 Å². The molecule has 0 spiro atoms. The quantitative estimate of drug-likeness (QED) is 0.268. The van der Waals surface area contributed by atoms with E-state index in [0.717, 1.165) is 22.5 Å². The summed E-state index contributed by atoms with van der Waals surface area (Å²) in [7, 11) is 0. The number of hydrogen-bond acceptors (Lipinski definition) is 5. The Morgan fingerprint density at radius 3 is 2.82 bits per heavy atom. The first kappa shape index (κ1) is 19.3. The number of hydrogen-bond donors (Lipinski definition) is 1. The van der Waals surface area contributed by atoms with Gasteiger partial charge >= 0.3 is 11.7 Å². The topological polar surface area (TPSA) is 94.5 Å². The normalized spacial score (nSPS) is 10.8. The predicted octanol–water partition coefficient (Wildman–Crippen LogP) is 4.40. The second kappa shape index (κ2) is 8.51. The van der Waals surface area contributed by atoms with Crippen LogP contribution in [0.3, 0.4) is 0 Å². The summed E-state index contributed by atoms with van der Waals surface area (Å²) in [6, 6.07) is 8.50. The molecule has 8 heteroatoms. The standard InChI is InChI=1S/C20H19FN2O5/c1-2-27-19-8-5-13(10-18(19)23(25)26)20(24)28-9-3-4-14-12-22-17-7-6-15(21)11-16(14)17/h5-8,10-12,22H,2-4,9H2,1H3. The summed E-state index contributed by atoms with van der Waals surface area (Å²) < 4.78 is 23.8. The lowest BCUT2D eigenvalue weighted by molar-refractivity contribution is -0.385. The molecule has 0 saturated heterocycles. The van der Waals surface area contributed by atoms with Gasteiger partial charge in [0.2, 0.25) is 0 Å². The molecule has 0 amide bonds. The van der Waals surface area contributed by atoms with E-state index in [1.165, 1.54) is 24.3 Å². The van der Waals surface area contributed by atoms with Crippen LogP contribution in [-0.4, -0.2) is 29.1 Å². The molecular weight excluding hydrogens is 367 g/mol. The molecule has 1 aromatic heterocycles. The number of carbonyl (C=O) groups is 1. The zero-order valence-electron chi connectivity index (χ0n) is 15.2. The second-order valence-corrected chi connectivity index (χ2v) is 6.12. The lowest BCUT2D eigenvalue weighted by Crippen LogP contribution is -2.08. The minimum absolute atomic E-state index is 0.0873. The van der Waals surface area contributed by atoms with Crippen LogP contribution in [0.2, 0.25) is 0 Å². The molecule has 1 heterocycles. The Bertz CT molecular complexity index is 1010. The number of halogens is 1. The van der Waals surface area contributed by atoms with Crippen molar-refractivity contribution in [2.45, 2.75) is 19.8 Å². The Hall–Kier alpha value is -3.42. The average molecular weight is 386 g/mol. The molecule has 3 aromatic rings. The fourth-order valence-corrected chi connectivity index (χ4v) is 2.93. The molecular formula is C20H19FN2O5. The van der Waals surface area contributed by atoms with Crippen molar-refractivity contribution in [1.29, 1.82) is 0 Å². The molecule has 0 saturated carbocycles. The number of ether oxygens (including phenoxy) is 2. The highest BCUT2D eigenvalue weighted by atomic mass is 19.1. The van der Waals surface area contributed by atoms with Gasteiger partial charge in [0.1, 0.15) is 5.82 Å². The van der Waals surface area contributed by atoms with Crippen LogP contribution in [-0.2, 0) is 11.2 Å². The first-order valence-corrected chi connectivity index (χ1v) is 8.83. The number of benzene rings is 2. The Labute approximate surface area is 160 Å². The number of aromatic nitrogens is 1. The van der Waals surface area contributed by atoms with Gasteiger partial charge in [0, 0.05) is 23.2 Å². The van der Waals surface area contributed by atoms with E-state index >= 15 is 0 Å². The molecule has 7 nitrogen and oxygen atoms in total. The number of aryl methyl sites for hydroxylation is 1. The zero-order chi connectivity index (χ0) is 20.1. The maximum absolute atomic E-state index is 13.4. The van der Waals surface area contributed by atoms with Gasteiger partial charge in [-0.25, -0.2) is 9.18 Å². The summed E-state index contributed by atoms with van der Waals surface area (Å²) in [5, 5.41) is 11.9. The first-order chi connectivity index (χ1) is 13.5. The van der Waals surface area contributed by atoms with Gasteiger partial charge < -0.3 is 14.5 Å². The third-order valence-corrected chi connectivity index (χ3v) is 4.24. The number of nitrogens with zero attached hydrogens (tertiary/aromatic N) is 1. The molecule has 2 aromatic carbocycles. The molecule has 0 radical (unpaired) electrons. The molecule has 146 valence electrons. The Kier molecular flexibility index (Phi) is 5.88. The number of fused-ring (bicyclic) bond motifs is 1. The first-order valence-electron chi connectivity index (χ1n) is 8.83.